The number of rotatable bonds is 5. The molecule has 1 atom stereocenters. The summed E-state index contributed by atoms with van der Waals surface area (Å²) in [5, 5.41) is 0. The van der Waals surface area contributed by atoms with Crippen molar-refractivity contribution in [1.29, 1.82) is 0 Å². The molecule has 0 saturated heterocycles. The molecular weight excluding hydrogens is 380 g/mol. The molecule has 0 bridgehead atoms. The van der Waals surface area contributed by atoms with Crippen LogP contribution in [0.5, 0.6) is 0 Å². The first-order valence-corrected chi connectivity index (χ1v) is 10.8. The van der Waals surface area contributed by atoms with Gasteiger partial charge in [0.1, 0.15) is 6.10 Å². The third kappa shape index (κ3) is 2.75. The van der Waals surface area contributed by atoms with Crippen LogP contribution >= 0.6 is 0 Å². The first-order valence-electron chi connectivity index (χ1n) is 10.8. The van der Waals surface area contributed by atoms with E-state index in [4.69, 9.17) is 4.74 Å². The minimum absolute atomic E-state index is 0.00812. The summed E-state index contributed by atoms with van der Waals surface area (Å²) in [6, 6.07) is 34.1. The number of hydrogen-bond acceptors (Lipinski definition) is 2. The van der Waals surface area contributed by atoms with Crippen molar-refractivity contribution >= 4 is 6.47 Å². The highest BCUT2D eigenvalue weighted by Gasteiger charge is 2.39. The fourth-order valence-corrected chi connectivity index (χ4v) is 5.66. The lowest BCUT2D eigenvalue weighted by Gasteiger charge is -2.27. The van der Waals surface area contributed by atoms with E-state index < -0.39 is 0 Å². The van der Waals surface area contributed by atoms with Gasteiger partial charge in [-0.15, -0.1) is 0 Å². The maximum atomic E-state index is 11.5. The van der Waals surface area contributed by atoms with Crippen molar-refractivity contribution in [3.63, 3.8) is 0 Å². The van der Waals surface area contributed by atoms with E-state index in [1.54, 1.807) is 6.47 Å². The molecule has 0 N–H and O–H groups in total. The van der Waals surface area contributed by atoms with Crippen LogP contribution < -0.4 is 0 Å². The normalized spacial score (nSPS) is 15.0. The van der Waals surface area contributed by atoms with Gasteiger partial charge in [0.05, 0.1) is 0 Å². The number of ether oxygens (including phenoxy) is 1. The molecule has 0 aromatic heterocycles. The molecule has 6 rings (SSSR count). The lowest BCUT2D eigenvalue weighted by atomic mass is 9.83. The zero-order valence-electron chi connectivity index (χ0n) is 17.0. The predicted molar refractivity (Wildman–Crippen MR) is 123 cm³/mol. The van der Waals surface area contributed by atoms with Gasteiger partial charge in [0, 0.05) is 11.8 Å². The van der Waals surface area contributed by atoms with Gasteiger partial charge in [0.25, 0.3) is 0 Å². The second kappa shape index (κ2) is 7.24. The topological polar surface area (TPSA) is 26.3 Å². The number of benzene rings is 4. The molecule has 1 unspecified atom stereocenters. The summed E-state index contributed by atoms with van der Waals surface area (Å²) < 4.78 is 5.73. The average molecular weight is 401 g/mol. The average Bonchev–Trinajstić information content (AvgIpc) is 3.32. The molecule has 0 aliphatic heterocycles. The van der Waals surface area contributed by atoms with Crippen molar-refractivity contribution in [2.75, 3.05) is 0 Å². The SMILES string of the molecule is O=[C]OC(CC1c2ccccc2-c2ccccc21)C1c2ccccc2-c2ccccc21. The van der Waals surface area contributed by atoms with Crippen molar-refractivity contribution in [1.82, 2.24) is 0 Å². The Hall–Kier alpha value is -3.65. The summed E-state index contributed by atoms with van der Waals surface area (Å²) in [4.78, 5) is 11.5. The third-order valence-corrected chi connectivity index (χ3v) is 6.88. The largest absolute Gasteiger partial charge is 0.453 e. The predicted octanol–water partition coefficient (Wildman–Crippen LogP) is 6.45. The fraction of sp³-hybridized carbons (Fsp3) is 0.138. The second-order valence-corrected chi connectivity index (χ2v) is 8.35. The van der Waals surface area contributed by atoms with Crippen LogP contribution in [0.4, 0.5) is 0 Å². The van der Waals surface area contributed by atoms with E-state index in [2.05, 4.69) is 97.1 Å². The smallest absolute Gasteiger partial charge is 0.417 e. The molecular formula is C29H21O2. The Kier molecular flexibility index (Phi) is 4.24. The summed E-state index contributed by atoms with van der Waals surface area (Å²) in [7, 11) is 0. The van der Waals surface area contributed by atoms with Crippen molar-refractivity contribution in [2.45, 2.75) is 24.4 Å². The molecule has 4 aromatic carbocycles. The van der Waals surface area contributed by atoms with Gasteiger partial charge < -0.3 is 4.74 Å². The van der Waals surface area contributed by atoms with Gasteiger partial charge in [0.2, 0.25) is 0 Å². The van der Waals surface area contributed by atoms with Crippen LogP contribution in [0.25, 0.3) is 22.3 Å². The Bertz CT molecular complexity index is 1200. The lowest BCUT2D eigenvalue weighted by molar-refractivity contribution is 0.147. The molecule has 2 aliphatic carbocycles. The highest BCUT2D eigenvalue weighted by Crippen LogP contribution is 2.51. The quantitative estimate of drug-likeness (QED) is 0.384. The maximum absolute atomic E-state index is 11.5. The fourth-order valence-electron chi connectivity index (χ4n) is 5.66. The van der Waals surface area contributed by atoms with Crippen LogP contribution in [-0.2, 0) is 9.53 Å². The molecule has 0 spiro atoms. The Morgan fingerprint density at radius 3 is 1.45 bits per heavy atom. The zero-order valence-corrected chi connectivity index (χ0v) is 17.0. The van der Waals surface area contributed by atoms with Crippen LogP contribution in [0.2, 0.25) is 0 Å². The summed E-state index contributed by atoms with van der Waals surface area (Å²) in [6.07, 6.45) is 0.419. The van der Waals surface area contributed by atoms with Crippen molar-refractivity contribution in [3.8, 4) is 22.3 Å². The van der Waals surface area contributed by atoms with Crippen LogP contribution in [-0.4, -0.2) is 12.6 Å². The van der Waals surface area contributed by atoms with E-state index in [9.17, 15) is 4.79 Å². The Labute approximate surface area is 182 Å². The number of hydrogen-bond donors (Lipinski definition) is 0. The molecule has 0 saturated carbocycles. The second-order valence-electron chi connectivity index (χ2n) is 8.35. The van der Waals surface area contributed by atoms with E-state index in [-0.39, 0.29) is 17.9 Å². The van der Waals surface area contributed by atoms with Crippen molar-refractivity contribution in [3.05, 3.63) is 119 Å². The van der Waals surface area contributed by atoms with Gasteiger partial charge in [-0.2, -0.15) is 0 Å². The minimum atomic E-state index is -0.300. The molecule has 1 radical (unpaired) electrons. The van der Waals surface area contributed by atoms with Crippen LogP contribution in [0.1, 0.15) is 40.5 Å². The van der Waals surface area contributed by atoms with E-state index >= 15 is 0 Å². The van der Waals surface area contributed by atoms with Gasteiger partial charge in [-0.1, -0.05) is 97.1 Å². The van der Waals surface area contributed by atoms with Gasteiger partial charge in [0.15, 0.2) is 0 Å². The summed E-state index contributed by atoms with van der Waals surface area (Å²) in [6.45, 7) is 1.78. The first kappa shape index (κ1) is 18.1. The maximum Gasteiger partial charge on any atom is 0.417 e. The van der Waals surface area contributed by atoms with E-state index in [0.717, 1.165) is 6.42 Å². The third-order valence-electron chi connectivity index (χ3n) is 6.88. The van der Waals surface area contributed by atoms with Gasteiger partial charge in [-0.05, 0) is 50.9 Å². The Morgan fingerprint density at radius 1 is 0.613 bits per heavy atom. The van der Waals surface area contributed by atoms with E-state index in [0.29, 0.717) is 0 Å². The first-order chi connectivity index (χ1) is 15.4. The van der Waals surface area contributed by atoms with E-state index in [1.807, 2.05) is 0 Å². The van der Waals surface area contributed by atoms with E-state index in [1.165, 1.54) is 44.5 Å². The molecule has 0 amide bonds. The van der Waals surface area contributed by atoms with Gasteiger partial charge >= 0.3 is 6.47 Å². The van der Waals surface area contributed by atoms with Crippen LogP contribution in [0.15, 0.2) is 97.1 Å². The highest BCUT2D eigenvalue weighted by molar-refractivity contribution is 5.80. The monoisotopic (exact) mass is 401 g/mol. The number of fused-ring (bicyclic) bond motifs is 6. The van der Waals surface area contributed by atoms with Gasteiger partial charge in [-0.25, -0.2) is 4.79 Å². The number of carbonyl (C=O) groups excluding carboxylic acids is 1. The molecule has 4 aromatic rings. The molecule has 0 heterocycles. The molecule has 2 heteroatoms. The summed E-state index contributed by atoms with van der Waals surface area (Å²) >= 11 is 0. The van der Waals surface area contributed by atoms with Crippen molar-refractivity contribution < 1.29 is 9.53 Å². The highest BCUT2D eigenvalue weighted by atomic mass is 16.5. The minimum Gasteiger partial charge on any atom is -0.453 e. The molecule has 2 aliphatic rings. The van der Waals surface area contributed by atoms with Gasteiger partial charge in [-0.3, -0.25) is 0 Å². The molecule has 0 fully saturated rings. The Balaban J connectivity index is 1.46. The van der Waals surface area contributed by atoms with Crippen LogP contribution in [0.3, 0.4) is 0 Å². The Morgan fingerprint density at radius 2 is 1.00 bits per heavy atom. The summed E-state index contributed by atoms with van der Waals surface area (Å²) in [5.41, 5.74) is 10.1. The standard InChI is InChI=1S/C29H21O2/c30-18-31-28(29-25-15-7-5-11-21(25)22-12-6-8-16-26(22)29)17-27-23-13-3-1-9-19(23)20-10-2-4-14-24(20)27/h1-16,27-29H,17H2. The van der Waals surface area contributed by atoms with Crippen molar-refractivity contribution in [2.24, 2.45) is 0 Å². The zero-order chi connectivity index (χ0) is 20.8. The van der Waals surface area contributed by atoms with Crippen LogP contribution in [0, 0.1) is 0 Å². The molecule has 149 valence electrons. The molecule has 2 nitrogen and oxygen atoms in total. The summed E-state index contributed by atoms with van der Waals surface area (Å²) in [5.74, 6) is 0.194. The lowest BCUT2D eigenvalue weighted by Crippen LogP contribution is -2.24. The molecule has 31 heavy (non-hydrogen) atoms.